The fraction of sp³-hybridized carbons (Fsp3) is 0.0364. The van der Waals surface area contributed by atoms with Gasteiger partial charge in [-0.05, 0) is 114 Å². The molecule has 3 nitrogen and oxygen atoms in total. The highest BCUT2D eigenvalue weighted by atomic mass is 14.9. The van der Waals surface area contributed by atoms with E-state index in [1.807, 2.05) is 18.5 Å². The van der Waals surface area contributed by atoms with E-state index in [4.69, 9.17) is 9.97 Å². The summed E-state index contributed by atoms with van der Waals surface area (Å²) in [5, 5.41) is 10.2. The molecule has 0 atom stereocenters. The highest BCUT2D eigenvalue weighted by molar-refractivity contribution is 6.25. The molecule has 0 amide bonds. The van der Waals surface area contributed by atoms with Crippen LogP contribution in [0.4, 0.5) is 0 Å². The molecule has 0 spiro atoms. The summed E-state index contributed by atoms with van der Waals surface area (Å²) in [5.41, 5.74) is 12.3. The minimum atomic E-state index is 0.714. The Balaban J connectivity index is 0.997. The first kappa shape index (κ1) is 33.8. The Kier molecular flexibility index (Phi) is 8.29. The van der Waals surface area contributed by atoms with Crippen LogP contribution >= 0.6 is 0 Å². The standard InChI is InChI=1S/C55H37N3/c1-2-15-45-37(10-1)11-8-20-46(45)38-23-25-39(26-24-38)53-34-54(43-13-7-12-41(32-43)44-14-9-31-56-35-44)58-55(57-53)40-27-21-36(22-28-40)42-29-30-51-49-18-4-3-16-47(49)48-17-5-6-19-50(48)52(51)33-42/h1-23,25,27-35H,24,26H2. The Hall–Kier alpha value is -7.49. The topological polar surface area (TPSA) is 38.7 Å². The third-order valence-corrected chi connectivity index (χ3v) is 11.7. The van der Waals surface area contributed by atoms with Crippen LogP contribution in [0.15, 0.2) is 200 Å². The van der Waals surface area contributed by atoms with Gasteiger partial charge in [0.2, 0.25) is 0 Å². The molecule has 10 aromatic rings. The molecule has 0 fully saturated rings. The molecule has 272 valence electrons. The molecule has 2 aromatic heterocycles. The van der Waals surface area contributed by atoms with E-state index in [0.717, 1.165) is 52.0 Å². The van der Waals surface area contributed by atoms with Gasteiger partial charge in [-0.2, -0.15) is 0 Å². The molecule has 11 rings (SSSR count). The minimum Gasteiger partial charge on any atom is -0.264 e. The molecule has 8 aromatic carbocycles. The maximum atomic E-state index is 5.27. The van der Waals surface area contributed by atoms with E-state index in [2.05, 4.69) is 187 Å². The summed E-state index contributed by atoms with van der Waals surface area (Å²) in [7, 11) is 0. The number of fused-ring (bicyclic) bond motifs is 7. The number of aromatic nitrogens is 3. The van der Waals surface area contributed by atoms with Crippen molar-refractivity contribution in [3.05, 3.63) is 212 Å². The van der Waals surface area contributed by atoms with E-state index in [0.29, 0.717) is 5.82 Å². The zero-order valence-corrected chi connectivity index (χ0v) is 31.8. The predicted octanol–water partition coefficient (Wildman–Crippen LogP) is 14.4. The Morgan fingerprint density at radius 1 is 0.345 bits per heavy atom. The van der Waals surface area contributed by atoms with Crippen molar-refractivity contribution in [2.45, 2.75) is 12.8 Å². The molecular formula is C55H37N3. The van der Waals surface area contributed by atoms with Gasteiger partial charge < -0.3 is 0 Å². The number of nitrogens with zero attached hydrogens (tertiary/aromatic N) is 3. The van der Waals surface area contributed by atoms with Crippen LogP contribution < -0.4 is 0 Å². The maximum absolute atomic E-state index is 5.27. The molecule has 1 aliphatic rings. The summed E-state index contributed by atoms with van der Waals surface area (Å²) >= 11 is 0. The van der Waals surface area contributed by atoms with Gasteiger partial charge in [-0.3, -0.25) is 4.98 Å². The highest BCUT2D eigenvalue weighted by Crippen LogP contribution is 2.39. The van der Waals surface area contributed by atoms with Gasteiger partial charge in [0.25, 0.3) is 0 Å². The number of hydrogen-bond donors (Lipinski definition) is 0. The molecule has 0 saturated heterocycles. The number of rotatable bonds is 6. The summed E-state index contributed by atoms with van der Waals surface area (Å²) in [4.78, 5) is 14.9. The lowest BCUT2D eigenvalue weighted by Crippen LogP contribution is -2.01. The SMILES string of the molecule is C1=C(c2cc(-c3cccc(-c4cccnc4)c3)nc(-c3ccc(-c4ccc5c6ccccc6c6ccccc6c5c4)cc3)n2)CCC(c2cccc3ccccc23)=C1. The second-order valence-corrected chi connectivity index (χ2v) is 15.1. The molecule has 0 saturated carbocycles. The average Bonchev–Trinajstić information content (AvgIpc) is 3.31. The average molecular weight is 740 g/mol. The third kappa shape index (κ3) is 6.05. The van der Waals surface area contributed by atoms with E-state index < -0.39 is 0 Å². The number of benzene rings is 8. The van der Waals surface area contributed by atoms with Gasteiger partial charge in [-0.15, -0.1) is 0 Å². The Morgan fingerprint density at radius 3 is 1.66 bits per heavy atom. The zero-order valence-electron chi connectivity index (χ0n) is 31.8. The van der Waals surface area contributed by atoms with Crippen LogP contribution in [0.1, 0.15) is 24.1 Å². The van der Waals surface area contributed by atoms with Crippen LogP contribution in [0.3, 0.4) is 0 Å². The Morgan fingerprint density at radius 2 is 0.914 bits per heavy atom. The van der Waals surface area contributed by atoms with Gasteiger partial charge in [0, 0.05) is 29.1 Å². The number of hydrogen-bond acceptors (Lipinski definition) is 3. The molecule has 1 aliphatic carbocycles. The van der Waals surface area contributed by atoms with Crippen molar-refractivity contribution in [3.63, 3.8) is 0 Å². The molecule has 2 heterocycles. The van der Waals surface area contributed by atoms with Crippen molar-refractivity contribution in [1.29, 1.82) is 0 Å². The summed E-state index contributed by atoms with van der Waals surface area (Å²) in [6.07, 6.45) is 10.1. The Bertz CT molecular complexity index is 3230. The van der Waals surface area contributed by atoms with Crippen LogP contribution in [-0.2, 0) is 0 Å². The fourth-order valence-electron chi connectivity index (χ4n) is 8.76. The summed E-state index contributed by atoms with van der Waals surface area (Å²) < 4.78 is 0. The van der Waals surface area contributed by atoms with Crippen molar-refractivity contribution in [3.8, 4) is 44.9 Å². The smallest absolute Gasteiger partial charge is 0.160 e. The first-order valence-electron chi connectivity index (χ1n) is 20.0. The molecule has 0 N–H and O–H groups in total. The van der Waals surface area contributed by atoms with Crippen molar-refractivity contribution in [1.82, 2.24) is 15.0 Å². The first-order valence-corrected chi connectivity index (χ1v) is 20.0. The van der Waals surface area contributed by atoms with Crippen molar-refractivity contribution < 1.29 is 0 Å². The molecule has 0 aliphatic heterocycles. The Labute approximate surface area is 337 Å². The summed E-state index contributed by atoms with van der Waals surface area (Å²) in [6.45, 7) is 0. The lowest BCUT2D eigenvalue weighted by molar-refractivity contribution is 1.04. The van der Waals surface area contributed by atoms with Crippen LogP contribution in [0.2, 0.25) is 0 Å². The van der Waals surface area contributed by atoms with Crippen LogP contribution in [0, 0.1) is 0 Å². The number of allylic oxidation sites excluding steroid dienone is 4. The van der Waals surface area contributed by atoms with Crippen molar-refractivity contribution >= 4 is 54.2 Å². The van der Waals surface area contributed by atoms with Crippen LogP contribution in [0.5, 0.6) is 0 Å². The van der Waals surface area contributed by atoms with Crippen LogP contribution in [-0.4, -0.2) is 15.0 Å². The fourth-order valence-corrected chi connectivity index (χ4v) is 8.76. The minimum absolute atomic E-state index is 0.714. The first-order chi connectivity index (χ1) is 28.7. The molecular weight excluding hydrogens is 703 g/mol. The lowest BCUT2D eigenvalue weighted by Gasteiger charge is -2.18. The lowest BCUT2D eigenvalue weighted by atomic mass is 9.89. The van der Waals surface area contributed by atoms with E-state index >= 15 is 0 Å². The van der Waals surface area contributed by atoms with Crippen molar-refractivity contribution in [2.75, 3.05) is 0 Å². The van der Waals surface area contributed by atoms with Gasteiger partial charge >= 0.3 is 0 Å². The zero-order chi connectivity index (χ0) is 38.4. The molecule has 0 bridgehead atoms. The van der Waals surface area contributed by atoms with Gasteiger partial charge in [-0.1, -0.05) is 164 Å². The normalized spacial score (nSPS) is 12.9. The third-order valence-electron chi connectivity index (χ3n) is 11.7. The van der Waals surface area contributed by atoms with Gasteiger partial charge in [-0.25, -0.2) is 9.97 Å². The van der Waals surface area contributed by atoms with E-state index in [1.54, 1.807) is 0 Å². The summed E-state index contributed by atoms with van der Waals surface area (Å²) in [6, 6.07) is 63.1. The second-order valence-electron chi connectivity index (χ2n) is 15.1. The molecule has 0 unspecified atom stereocenters. The van der Waals surface area contributed by atoms with Gasteiger partial charge in [0.1, 0.15) is 0 Å². The summed E-state index contributed by atoms with van der Waals surface area (Å²) in [5.74, 6) is 0.714. The van der Waals surface area contributed by atoms with E-state index in [-0.39, 0.29) is 0 Å². The monoisotopic (exact) mass is 739 g/mol. The highest BCUT2D eigenvalue weighted by Gasteiger charge is 2.17. The van der Waals surface area contributed by atoms with Gasteiger partial charge in [0.15, 0.2) is 5.82 Å². The number of pyridine rings is 1. The largest absolute Gasteiger partial charge is 0.264 e. The van der Waals surface area contributed by atoms with Gasteiger partial charge in [0.05, 0.1) is 11.4 Å². The molecule has 0 radical (unpaired) electrons. The van der Waals surface area contributed by atoms with E-state index in [9.17, 15) is 0 Å². The predicted molar refractivity (Wildman–Crippen MR) is 243 cm³/mol. The van der Waals surface area contributed by atoms with Crippen molar-refractivity contribution in [2.24, 2.45) is 0 Å². The quantitative estimate of drug-likeness (QED) is 0.159. The second kappa shape index (κ2) is 14.2. The van der Waals surface area contributed by atoms with E-state index in [1.165, 1.54) is 65.4 Å². The van der Waals surface area contributed by atoms with Crippen LogP contribution in [0.25, 0.3) is 99.1 Å². The molecule has 3 heteroatoms. The maximum Gasteiger partial charge on any atom is 0.160 e. The molecule has 58 heavy (non-hydrogen) atoms.